The van der Waals surface area contributed by atoms with Crippen LogP contribution in [0.5, 0.6) is 0 Å². The van der Waals surface area contributed by atoms with E-state index in [0.717, 1.165) is 17.6 Å². The molecule has 0 aliphatic carbocycles. The molecule has 0 bridgehead atoms. The number of nitrogens with one attached hydrogen (secondary N) is 3. The Bertz CT molecular complexity index is 934. The van der Waals surface area contributed by atoms with Crippen LogP contribution in [0.1, 0.15) is 17.7 Å². The lowest BCUT2D eigenvalue weighted by atomic mass is 10.0. The van der Waals surface area contributed by atoms with Crippen LogP contribution in [-0.4, -0.2) is 39.9 Å². The zero-order valence-corrected chi connectivity index (χ0v) is 14.9. The van der Waals surface area contributed by atoms with Gasteiger partial charge in [0, 0.05) is 47.7 Å². The summed E-state index contributed by atoms with van der Waals surface area (Å²) in [4.78, 5) is 33.4. The fourth-order valence-corrected chi connectivity index (χ4v) is 3.77. The van der Waals surface area contributed by atoms with Gasteiger partial charge in [-0.25, -0.2) is 9.78 Å². The molecule has 3 N–H and O–H groups in total. The Kier molecular flexibility index (Phi) is 4.57. The zero-order chi connectivity index (χ0) is 17.9. The number of amides is 3. The Morgan fingerprint density at radius 1 is 1.31 bits per heavy atom. The topological polar surface area (TPSA) is 90.1 Å². The number of hydrogen-bond acceptors (Lipinski definition) is 4. The predicted molar refractivity (Wildman–Crippen MR) is 101 cm³/mol. The van der Waals surface area contributed by atoms with Gasteiger partial charge in [0.25, 0.3) is 0 Å². The van der Waals surface area contributed by atoms with Crippen LogP contribution in [-0.2, 0) is 17.8 Å². The zero-order valence-electron chi connectivity index (χ0n) is 14.1. The van der Waals surface area contributed by atoms with Gasteiger partial charge in [-0.1, -0.05) is 18.2 Å². The van der Waals surface area contributed by atoms with Crippen molar-refractivity contribution in [2.45, 2.75) is 19.4 Å². The third-order valence-electron chi connectivity index (χ3n) is 4.48. The fraction of sp³-hybridized carbons (Fsp3) is 0.278. The minimum absolute atomic E-state index is 0.142. The number of carbonyl (C=O) groups is 2. The molecule has 0 saturated carbocycles. The summed E-state index contributed by atoms with van der Waals surface area (Å²) in [7, 11) is 0. The van der Waals surface area contributed by atoms with E-state index in [2.05, 4.69) is 32.7 Å². The average Bonchev–Trinajstić information content (AvgIpc) is 3.28. The molecule has 3 heterocycles. The van der Waals surface area contributed by atoms with E-state index >= 15 is 0 Å². The molecule has 0 saturated heterocycles. The lowest BCUT2D eigenvalue weighted by molar-refractivity contribution is -0.116. The van der Waals surface area contributed by atoms with E-state index in [-0.39, 0.29) is 18.4 Å². The molecule has 3 aromatic rings. The number of aromatic amines is 1. The molecular weight excluding hydrogens is 350 g/mol. The van der Waals surface area contributed by atoms with Crippen molar-refractivity contribution in [1.29, 1.82) is 0 Å². The molecule has 2 aromatic heterocycles. The van der Waals surface area contributed by atoms with Gasteiger partial charge < -0.3 is 20.5 Å². The second kappa shape index (κ2) is 7.17. The number of benzene rings is 1. The summed E-state index contributed by atoms with van der Waals surface area (Å²) in [5.74, 6) is -0.156. The predicted octanol–water partition coefficient (Wildman–Crippen LogP) is 2.72. The van der Waals surface area contributed by atoms with Crippen LogP contribution >= 0.6 is 11.3 Å². The molecule has 4 rings (SSSR count). The van der Waals surface area contributed by atoms with Crippen LogP contribution in [0.2, 0.25) is 0 Å². The molecule has 0 fully saturated rings. The maximum Gasteiger partial charge on any atom is 0.317 e. The SMILES string of the molecule is O=C(CCNC(=O)N1CCc2c([nH]c3ccccc23)C1)Nc1nccs1. The van der Waals surface area contributed by atoms with Gasteiger partial charge in [-0.05, 0) is 18.1 Å². The summed E-state index contributed by atoms with van der Waals surface area (Å²) in [6.45, 7) is 1.53. The number of rotatable bonds is 4. The van der Waals surface area contributed by atoms with E-state index in [1.54, 1.807) is 16.5 Å². The summed E-state index contributed by atoms with van der Waals surface area (Å²) >= 11 is 1.37. The van der Waals surface area contributed by atoms with Crippen molar-refractivity contribution in [1.82, 2.24) is 20.2 Å². The Morgan fingerprint density at radius 2 is 2.19 bits per heavy atom. The maximum absolute atomic E-state index is 12.4. The van der Waals surface area contributed by atoms with Crippen molar-refractivity contribution >= 4 is 39.3 Å². The molecule has 1 aliphatic heterocycles. The van der Waals surface area contributed by atoms with Gasteiger partial charge in [0.15, 0.2) is 5.13 Å². The molecule has 1 aliphatic rings. The van der Waals surface area contributed by atoms with E-state index in [9.17, 15) is 9.59 Å². The number of hydrogen-bond donors (Lipinski definition) is 3. The molecule has 0 atom stereocenters. The summed E-state index contributed by atoms with van der Waals surface area (Å²) < 4.78 is 0. The number of thiazole rings is 1. The van der Waals surface area contributed by atoms with Crippen molar-refractivity contribution in [3.05, 3.63) is 47.1 Å². The Hall–Kier alpha value is -2.87. The van der Waals surface area contributed by atoms with Crippen molar-refractivity contribution in [2.75, 3.05) is 18.4 Å². The Labute approximate surface area is 154 Å². The first kappa shape index (κ1) is 16.6. The molecular formula is C18H19N5O2S. The number of aromatic nitrogens is 2. The standard InChI is InChI=1S/C18H19N5O2S/c24-16(22-17-19-8-10-26-17)5-7-20-18(25)23-9-6-13-12-3-1-2-4-14(12)21-15(13)11-23/h1-4,8,10,21H,5-7,9,11H2,(H,20,25)(H,19,22,24). The highest BCUT2D eigenvalue weighted by atomic mass is 32.1. The van der Waals surface area contributed by atoms with Crippen LogP contribution in [0.4, 0.5) is 9.93 Å². The number of nitrogens with zero attached hydrogens (tertiary/aromatic N) is 2. The summed E-state index contributed by atoms with van der Waals surface area (Å²) in [5, 5.41) is 9.13. The number of H-pyrrole nitrogens is 1. The molecule has 8 heteroatoms. The molecule has 0 radical (unpaired) electrons. The molecule has 0 spiro atoms. The monoisotopic (exact) mass is 369 g/mol. The third kappa shape index (κ3) is 3.41. The lowest BCUT2D eigenvalue weighted by Crippen LogP contribution is -2.43. The van der Waals surface area contributed by atoms with E-state index < -0.39 is 0 Å². The Balaban J connectivity index is 1.30. The molecule has 1 aromatic carbocycles. The summed E-state index contributed by atoms with van der Waals surface area (Å²) in [6, 6.07) is 8.06. The van der Waals surface area contributed by atoms with Gasteiger partial charge in [0.05, 0.1) is 6.54 Å². The van der Waals surface area contributed by atoms with Crippen LogP contribution in [0.15, 0.2) is 35.8 Å². The summed E-state index contributed by atoms with van der Waals surface area (Å²) in [6.07, 6.45) is 2.69. The van der Waals surface area contributed by atoms with Crippen molar-refractivity contribution in [3.8, 4) is 0 Å². The first-order chi connectivity index (χ1) is 12.7. The molecule has 134 valence electrons. The highest BCUT2D eigenvalue weighted by Gasteiger charge is 2.23. The van der Waals surface area contributed by atoms with Crippen LogP contribution in [0.25, 0.3) is 10.9 Å². The number of urea groups is 1. The number of fused-ring (bicyclic) bond motifs is 3. The smallest absolute Gasteiger partial charge is 0.317 e. The minimum atomic E-state index is -0.156. The van der Waals surface area contributed by atoms with Gasteiger partial charge in [0.2, 0.25) is 5.91 Å². The second-order valence-electron chi connectivity index (χ2n) is 6.17. The van der Waals surface area contributed by atoms with Gasteiger partial charge >= 0.3 is 6.03 Å². The van der Waals surface area contributed by atoms with Crippen LogP contribution in [0.3, 0.4) is 0 Å². The minimum Gasteiger partial charge on any atom is -0.357 e. The average molecular weight is 369 g/mol. The van der Waals surface area contributed by atoms with Gasteiger partial charge in [-0.3, -0.25) is 4.79 Å². The van der Waals surface area contributed by atoms with Gasteiger partial charge in [-0.15, -0.1) is 11.3 Å². The van der Waals surface area contributed by atoms with Crippen LogP contribution < -0.4 is 10.6 Å². The highest BCUT2D eigenvalue weighted by molar-refractivity contribution is 7.13. The first-order valence-corrected chi connectivity index (χ1v) is 9.39. The van der Waals surface area contributed by atoms with Crippen molar-refractivity contribution in [2.24, 2.45) is 0 Å². The highest BCUT2D eigenvalue weighted by Crippen LogP contribution is 2.27. The number of carbonyl (C=O) groups excluding carboxylic acids is 2. The molecule has 3 amide bonds. The number of anilines is 1. The van der Waals surface area contributed by atoms with E-state index in [0.29, 0.717) is 24.8 Å². The summed E-state index contributed by atoms with van der Waals surface area (Å²) in [5.41, 5.74) is 3.50. The normalized spacial score (nSPS) is 13.5. The second-order valence-corrected chi connectivity index (χ2v) is 7.06. The molecule has 0 unspecified atom stereocenters. The van der Waals surface area contributed by atoms with E-state index in [1.165, 1.54) is 22.3 Å². The maximum atomic E-state index is 12.4. The van der Waals surface area contributed by atoms with Crippen molar-refractivity contribution in [3.63, 3.8) is 0 Å². The van der Waals surface area contributed by atoms with E-state index in [1.807, 2.05) is 12.1 Å². The van der Waals surface area contributed by atoms with Crippen LogP contribution in [0, 0.1) is 0 Å². The lowest BCUT2D eigenvalue weighted by Gasteiger charge is -2.27. The molecule has 7 nitrogen and oxygen atoms in total. The number of para-hydroxylation sites is 1. The van der Waals surface area contributed by atoms with Crippen molar-refractivity contribution < 1.29 is 9.59 Å². The van der Waals surface area contributed by atoms with Gasteiger partial charge in [-0.2, -0.15) is 0 Å². The quantitative estimate of drug-likeness (QED) is 0.660. The van der Waals surface area contributed by atoms with E-state index in [4.69, 9.17) is 0 Å². The molecule has 26 heavy (non-hydrogen) atoms. The fourth-order valence-electron chi connectivity index (χ4n) is 3.23. The Morgan fingerprint density at radius 3 is 3.04 bits per heavy atom. The third-order valence-corrected chi connectivity index (χ3v) is 5.17. The largest absolute Gasteiger partial charge is 0.357 e. The first-order valence-electron chi connectivity index (χ1n) is 8.51. The van der Waals surface area contributed by atoms with Gasteiger partial charge in [0.1, 0.15) is 0 Å².